The topological polar surface area (TPSA) is 40.1 Å². The van der Waals surface area contributed by atoms with Gasteiger partial charge in [0.2, 0.25) is 0 Å². The fourth-order valence-electron chi connectivity index (χ4n) is 3.42. The van der Waals surface area contributed by atoms with Gasteiger partial charge in [-0.3, -0.25) is 0 Å². The average Bonchev–Trinajstić information content (AvgIpc) is 2.65. The number of hydrogen-bond acceptors (Lipinski definition) is 2. The van der Waals surface area contributed by atoms with E-state index in [1.165, 1.54) is 101 Å². The van der Waals surface area contributed by atoms with Crippen LogP contribution < -0.4 is 5.11 Å². The molecule has 3 heteroatoms. The van der Waals surface area contributed by atoms with Crippen molar-refractivity contribution in [2.45, 2.75) is 124 Å². The molecule has 0 aromatic carbocycles. The minimum absolute atomic E-state index is 0.205. The van der Waals surface area contributed by atoms with Gasteiger partial charge in [-0.1, -0.05) is 72.6 Å². The summed E-state index contributed by atoms with van der Waals surface area (Å²) in [6, 6.07) is 0. The summed E-state index contributed by atoms with van der Waals surface area (Å²) in [5, 5.41) is 9.65. The van der Waals surface area contributed by atoms with Crippen molar-refractivity contribution in [1.29, 1.82) is 0 Å². The molecule has 164 valence electrons. The van der Waals surface area contributed by atoms with E-state index in [0.29, 0.717) is 0 Å². The van der Waals surface area contributed by atoms with E-state index in [1.807, 2.05) is 6.92 Å². The number of aliphatic carboxylic acids is 1. The lowest BCUT2D eigenvalue weighted by Gasteiger charge is -2.35. The van der Waals surface area contributed by atoms with Crippen LogP contribution >= 0.6 is 0 Å². The third kappa shape index (κ3) is 23.4. The Morgan fingerprint density at radius 3 is 1.15 bits per heavy atom. The Bertz CT molecular complexity index is 273. The van der Waals surface area contributed by atoms with Crippen molar-refractivity contribution in [1.82, 2.24) is 0 Å². The summed E-state index contributed by atoms with van der Waals surface area (Å²) in [6.07, 6.45) is 18.8. The van der Waals surface area contributed by atoms with Gasteiger partial charge >= 0.3 is 0 Å². The molecule has 0 saturated heterocycles. The molecule has 0 fully saturated rings. The highest BCUT2D eigenvalue weighted by atomic mass is 16.4. The van der Waals surface area contributed by atoms with Crippen LogP contribution in [-0.4, -0.2) is 37.1 Å². The second kappa shape index (κ2) is 21.7. The number of rotatable bonds is 18. The van der Waals surface area contributed by atoms with E-state index < -0.39 is 5.97 Å². The van der Waals surface area contributed by atoms with Crippen LogP contribution in [0.5, 0.6) is 0 Å². The number of carboxylic acid groups (broad SMARTS) is 1. The quantitative estimate of drug-likeness (QED) is 0.211. The van der Waals surface area contributed by atoms with E-state index in [2.05, 4.69) is 27.8 Å². The van der Waals surface area contributed by atoms with Crippen molar-refractivity contribution >= 4 is 5.97 Å². The van der Waals surface area contributed by atoms with Gasteiger partial charge in [0.15, 0.2) is 0 Å². The zero-order valence-electron chi connectivity index (χ0n) is 19.5. The van der Waals surface area contributed by atoms with Crippen LogP contribution in [0.4, 0.5) is 0 Å². The van der Waals surface area contributed by atoms with Crippen LogP contribution in [0.25, 0.3) is 0 Å². The number of carboxylic acids is 1. The normalized spacial score (nSPS) is 11.1. The smallest absolute Gasteiger partial charge is 0.0784 e. The highest BCUT2D eigenvalue weighted by molar-refractivity contribution is 5.63. The van der Waals surface area contributed by atoms with Crippen LogP contribution in [0.1, 0.15) is 124 Å². The predicted molar refractivity (Wildman–Crippen MR) is 118 cm³/mol. The summed E-state index contributed by atoms with van der Waals surface area (Å²) in [7, 11) is 2.52. The molecule has 0 bridgehead atoms. The summed E-state index contributed by atoms with van der Waals surface area (Å²) < 4.78 is 1.34. The first-order chi connectivity index (χ1) is 13.0. The minimum atomic E-state index is -0.943. The van der Waals surface area contributed by atoms with Gasteiger partial charge in [-0.15, -0.1) is 0 Å². The van der Waals surface area contributed by atoms with Gasteiger partial charge in [0.05, 0.1) is 26.7 Å². The molecule has 0 aliphatic heterocycles. The third-order valence-electron chi connectivity index (χ3n) is 5.39. The lowest BCUT2D eigenvalue weighted by atomic mass is 10.1. The van der Waals surface area contributed by atoms with E-state index >= 15 is 0 Å². The Morgan fingerprint density at radius 1 is 0.593 bits per heavy atom. The Morgan fingerprint density at radius 2 is 0.926 bits per heavy atom. The van der Waals surface area contributed by atoms with E-state index in [1.54, 1.807) is 0 Å². The zero-order valence-corrected chi connectivity index (χ0v) is 19.5. The lowest BCUT2D eigenvalue weighted by molar-refractivity contribution is -0.910. The molecule has 0 aromatic heterocycles. The second-order valence-electron chi connectivity index (χ2n) is 8.45. The molecule has 0 rings (SSSR count). The van der Waals surface area contributed by atoms with Crippen molar-refractivity contribution in [2.75, 3.05) is 26.7 Å². The maximum atomic E-state index is 9.65. The summed E-state index contributed by atoms with van der Waals surface area (Å²) in [4.78, 5) is 9.65. The van der Waals surface area contributed by atoms with E-state index in [9.17, 15) is 9.90 Å². The fraction of sp³-hybridized carbons (Fsp3) is 0.958. The van der Waals surface area contributed by atoms with Crippen molar-refractivity contribution in [3.8, 4) is 0 Å². The van der Waals surface area contributed by atoms with E-state index in [0.717, 1.165) is 12.8 Å². The molecule has 0 unspecified atom stereocenters. The van der Waals surface area contributed by atoms with Crippen LogP contribution in [0.2, 0.25) is 0 Å². The number of carbonyl (C=O) groups is 1. The average molecular weight is 386 g/mol. The second-order valence-corrected chi connectivity index (χ2v) is 8.45. The van der Waals surface area contributed by atoms with Crippen LogP contribution in [0.15, 0.2) is 0 Å². The third-order valence-corrected chi connectivity index (χ3v) is 5.39. The molecule has 0 aromatic rings. The van der Waals surface area contributed by atoms with Crippen LogP contribution in [-0.2, 0) is 4.79 Å². The summed E-state index contributed by atoms with van der Waals surface area (Å²) >= 11 is 0. The number of carbonyl (C=O) groups excluding carboxylic acids is 1. The van der Waals surface area contributed by atoms with Crippen LogP contribution in [0.3, 0.4) is 0 Å². The first-order valence-corrected chi connectivity index (χ1v) is 12.0. The summed E-state index contributed by atoms with van der Waals surface area (Å²) in [5.74, 6) is -0.943. The number of unbranched alkanes of at least 4 members (excludes halogenated alkanes) is 10. The molecule has 0 aliphatic rings. The van der Waals surface area contributed by atoms with Crippen molar-refractivity contribution < 1.29 is 14.4 Å². The van der Waals surface area contributed by atoms with E-state index in [-0.39, 0.29) is 6.42 Å². The molecule has 0 N–H and O–H groups in total. The van der Waals surface area contributed by atoms with Gasteiger partial charge in [0.1, 0.15) is 0 Å². The molecule has 0 saturated carbocycles. The Labute approximate surface area is 171 Å². The number of nitrogens with zero attached hydrogens (tertiary/aromatic N) is 1. The predicted octanol–water partition coefficient (Wildman–Crippen LogP) is 6.10. The van der Waals surface area contributed by atoms with Crippen molar-refractivity contribution in [3.05, 3.63) is 0 Å². The molecule has 0 heterocycles. The standard InChI is InChI=1S/C19H42N.C5H10O2/c1-5-8-11-14-17-20(4,18-15-12-9-6-2)19-16-13-10-7-3;1-2-3-4-5(6)7/h5-19H2,1-4H3;2-4H2,1H3,(H,6,7)/q+1;/p-1. The fourth-order valence-corrected chi connectivity index (χ4v) is 3.42. The zero-order chi connectivity index (χ0) is 20.8. The molecule has 0 atom stereocenters. The molecule has 3 nitrogen and oxygen atoms in total. The maximum absolute atomic E-state index is 9.65. The van der Waals surface area contributed by atoms with Gasteiger partial charge in [-0.25, -0.2) is 0 Å². The van der Waals surface area contributed by atoms with Gasteiger partial charge in [0, 0.05) is 5.97 Å². The monoisotopic (exact) mass is 385 g/mol. The highest BCUT2D eigenvalue weighted by Crippen LogP contribution is 2.14. The van der Waals surface area contributed by atoms with Gasteiger partial charge < -0.3 is 14.4 Å². The van der Waals surface area contributed by atoms with Gasteiger partial charge in [0.25, 0.3) is 0 Å². The molecule has 0 amide bonds. The maximum Gasteiger partial charge on any atom is 0.0784 e. The van der Waals surface area contributed by atoms with Crippen molar-refractivity contribution in [3.63, 3.8) is 0 Å². The molecular weight excluding hydrogens is 334 g/mol. The summed E-state index contributed by atoms with van der Waals surface area (Å²) in [6.45, 7) is 13.1. The Kier molecular flexibility index (Phi) is 23.0. The minimum Gasteiger partial charge on any atom is -0.550 e. The molecule has 0 spiro atoms. The van der Waals surface area contributed by atoms with Crippen molar-refractivity contribution in [2.24, 2.45) is 0 Å². The first kappa shape index (κ1) is 28.6. The van der Waals surface area contributed by atoms with Crippen LogP contribution in [0, 0.1) is 0 Å². The first-order valence-electron chi connectivity index (χ1n) is 12.0. The summed E-state index contributed by atoms with van der Waals surface area (Å²) in [5.41, 5.74) is 0. The van der Waals surface area contributed by atoms with Gasteiger partial charge in [-0.2, -0.15) is 0 Å². The Hall–Kier alpha value is -0.570. The molecule has 0 radical (unpaired) electrons. The number of hydrogen-bond donors (Lipinski definition) is 0. The Balaban J connectivity index is 0. The SMILES string of the molecule is CCCCC(=O)[O-].CCCCCC[N+](C)(CCCCCC)CCCCCC. The molecular formula is C24H51NO2. The lowest BCUT2D eigenvalue weighted by Crippen LogP contribution is -2.46. The molecule has 0 aliphatic carbocycles. The molecule has 27 heavy (non-hydrogen) atoms. The number of quaternary nitrogens is 1. The van der Waals surface area contributed by atoms with E-state index in [4.69, 9.17) is 0 Å². The highest BCUT2D eigenvalue weighted by Gasteiger charge is 2.19. The van der Waals surface area contributed by atoms with Gasteiger partial charge in [-0.05, 0) is 51.4 Å². The largest absolute Gasteiger partial charge is 0.550 e.